The normalized spacial score (nSPS) is 13.6. The molecule has 0 rings (SSSR count). The molecule has 0 amide bonds. The number of quaternary nitrogens is 1. The highest BCUT2D eigenvalue weighted by atomic mass is 16.7. The van der Waals surface area contributed by atoms with E-state index in [1.54, 1.807) is 0 Å². The fourth-order valence-electron chi connectivity index (χ4n) is 10.1. The summed E-state index contributed by atoms with van der Waals surface area (Å²) in [6, 6.07) is 0. The van der Waals surface area contributed by atoms with Crippen LogP contribution in [0.3, 0.4) is 0 Å². The van der Waals surface area contributed by atoms with Crippen molar-refractivity contribution < 1.29 is 42.9 Å². The number of rotatable bonds is 68. The van der Waals surface area contributed by atoms with Crippen molar-refractivity contribution >= 4 is 17.9 Å². The molecule has 2 unspecified atom stereocenters. The monoisotopic (exact) mass is 1290 g/mol. The molecule has 0 bridgehead atoms. The predicted octanol–water partition coefficient (Wildman–Crippen LogP) is 24.0. The maximum Gasteiger partial charge on any atom is 0.361 e. The minimum Gasteiger partial charge on any atom is -0.477 e. The fraction of sp³-hybridized carbons (Fsp3) is 0.655. The Hall–Kier alpha value is -5.09. The number of carbonyl (C=O) groups excluding carboxylic acids is 2. The molecule has 0 saturated carbocycles. The van der Waals surface area contributed by atoms with Crippen LogP contribution in [0.15, 0.2) is 158 Å². The first kappa shape index (κ1) is 87.9. The zero-order chi connectivity index (χ0) is 67.5. The summed E-state index contributed by atoms with van der Waals surface area (Å²) in [4.78, 5) is 37.7. The lowest BCUT2D eigenvalue weighted by atomic mass is 10.0. The third-order valence-corrected chi connectivity index (χ3v) is 15.8. The molecule has 0 spiro atoms. The van der Waals surface area contributed by atoms with E-state index in [4.69, 9.17) is 18.9 Å². The van der Waals surface area contributed by atoms with Gasteiger partial charge in [0.25, 0.3) is 6.29 Å². The third kappa shape index (κ3) is 74.2. The molecule has 2 atom stereocenters. The molecular weight excluding hydrogens is 1150 g/mol. The van der Waals surface area contributed by atoms with Gasteiger partial charge in [0.15, 0.2) is 6.10 Å². The first-order valence-electron chi connectivity index (χ1n) is 37.6. The molecule has 0 aromatic heterocycles. The Morgan fingerprint density at radius 1 is 0.323 bits per heavy atom. The highest BCUT2D eigenvalue weighted by Crippen LogP contribution is 2.17. The lowest BCUT2D eigenvalue weighted by molar-refractivity contribution is -0.870. The fourth-order valence-corrected chi connectivity index (χ4v) is 10.1. The summed E-state index contributed by atoms with van der Waals surface area (Å²) in [5.41, 5.74) is 0. The summed E-state index contributed by atoms with van der Waals surface area (Å²) in [6.07, 6.45) is 105. The van der Waals surface area contributed by atoms with Gasteiger partial charge in [0.1, 0.15) is 13.2 Å². The molecule has 0 aliphatic heterocycles. The highest BCUT2D eigenvalue weighted by Gasteiger charge is 2.25. The Bertz CT molecular complexity index is 2090. The topological polar surface area (TPSA) is 108 Å². The summed E-state index contributed by atoms with van der Waals surface area (Å²) in [5, 5.41) is 9.76. The van der Waals surface area contributed by atoms with Gasteiger partial charge in [-0.25, -0.2) is 4.79 Å². The van der Waals surface area contributed by atoms with Gasteiger partial charge in [0.2, 0.25) is 0 Å². The number of carboxylic acids is 1. The number of likely N-dealkylation sites (N-methyl/N-ethyl adjacent to an activating group) is 1. The van der Waals surface area contributed by atoms with Gasteiger partial charge in [-0.15, -0.1) is 0 Å². The quantitative estimate of drug-likeness (QED) is 0.0211. The Kier molecular flexibility index (Phi) is 68.8. The zero-order valence-corrected chi connectivity index (χ0v) is 60.4. The maximum absolute atomic E-state index is 13.0. The molecule has 0 aliphatic rings. The van der Waals surface area contributed by atoms with Crippen molar-refractivity contribution in [2.24, 2.45) is 0 Å². The smallest absolute Gasteiger partial charge is 0.361 e. The Balaban J connectivity index is 4.10. The molecule has 528 valence electrons. The molecule has 9 nitrogen and oxygen atoms in total. The van der Waals surface area contributed by atoms with Crippen LogP contribution >= 0.6 is 0 Å². The summed E-state index contributed by atoms with van der Waals surface area (Å²) >= 11 is 0. The summed E-state index contributed by atoms with van der Waals surface area (Å²) in [6.45, 7) is 4.63. The maximum atomic E-state index is 13.0. The van der Waals surface area contributed by atoms with Crippen molar-refractivity contribution in [2.75, 3.05) is 47.5 Å². The Morgan fingerprint density at radius 2 is 0.581 bits per heavy atom. The van der Waals surface area contributed by atoms with E-state index < -0.39 is 24.3 Å². The number of carboxylic acid groups (broad SMARTS) is 1. The molecule has 9 heteroatoms. The molecule has 93 heavy (non-hydrogen) atoms. The number of ether oxygens (including phenoxy) is 4. The SMILES string of the molecule is CC/C=C\C/C=C\C/C=C\C/C=C\C/C=C\C/C=C\C/C=C\C/C=C\CCCCCCC(=O)OC(COC(=O)CCCCCCCCCCCCCCCCCCCCCCCCC/C=C\C/C=C\C/C=C\C/C=C\C/C=C\CC)COC(OCC[N+](C)(C)C)C(=O)O. The van der Waals surface area contributed by atoms with Crippen LogP contribution in [0.2, 0.25) is 0 Å². The van der Waals surface area contributed by atoms with Gasteiger partial charge < -0.3 is 28.5 Å². The summed E-state index contributed by atoms with van der Waals surface area (Å²) in [5.74, 6) is -2.04. The van der Waals surface area contributed by atoms with Crippen LogP contribution in [0, 0.1) is 0 Å². The molecule has 0 aromatic rings. The first-order chi connectivity index (χ1) is 45.6. The number of carbonyl (C=O) groups is 3. The number of aliphatic carboxylic acids is 1. The van der Waals surface area contributed by atoms with Gasteiger partial charge in [-0.2, -0.15) is 0 Å². The molecule has 0 aliphatic carbocycles. The molecule has 0 aromatic carbocycles. The van der Waals surface area contributed by atoms with E-state index in [2.05, 4.69) is 172 Å². The second-order valence-corrected chi connectivity index (χ2v) is 25.8. The summed E-state index contributed by atoms with van der Waals surface area (Å²) in [7, 11) is 5.96. The number of hydrogen-bond donors (Lipinski definition) is 1. The van der Waals surface area contributed by atoms with Crippen LogP contribution in [-0.4, -0.2) is 87.4 Å². The molecule has 1 N–H and O–H groups in total. The number of esters is 2. The van der Waals surface area contributed by atoms with Crippen molar-refractivity contribution in [3.8, 4) is 0 Å². The van der Waals surface area contributed by atoms with Crippen molar-refractivity contribution in [2.45, 2.75) is 309 Å². The Labute approximate surface area is 572 Å². The van der Waals surface area contributed by atoms with E-state index in [0.29, 0.717) is 23.9 Å². The van der Waals surface area contributed by atoms with Crippen LogP contribution < -0.4 is 0 Å². The van der Waals surface area contributed by atoms with Crippen molar-refractivity contribution in [3.63, 3.8) is 0 Å². The average molecular weight is 1290 g/mol. The largest absolute Gasteiger partial charge is 0.477 e. The standard InChI is InChI=1S/C84H139NO8/c1-6-8-10-12-14-16-18-20-22-24-26-28-30-32-34-36-37-38-39-40-41-42-43-44-45-47-48-50-52-54-56-58-60-62-64-66-68-70-72-74-81(86)91-78-80(79-92-84(83(88)89)90-77-76-85(3,4)5)93-82(87)75-73-71-69-67-65-63-61-59-57-55-53-51-49-46-35-33-31-29-27-25-23-21-19-17-15-13-11-9-7-2/h8-11,14-17,20-23,26-29,32-35,49,51,55,57,61,63,80,84H,6-7,12-13,18-19,24-25,30-31,36-48,50,52-54,56,58-60,62,64-79H2,1-5H3/p+1/b10-8-,11-9-,16-14-,17-15-,22-20-,23-21-,28-26-,29-27-,34-32-,35-33-,51-49-,57-55-,63-61-. The summed E-state index contributed by atoms with van der Waals surface area (Å²) < 4.78 is 23.0. The van der Waals surface area contributed by atoms with Gasteiger partial charge in [-0.1, -0.05) is 320 Å². The van der Waals surface area contributed by atoms with E-state index in [9.17, 15) is 19.5 Å². The van der Waals surface area contributed by atoms with Gasteiger partial charge in [-0.05, 0) is 122 Å². The minimum absolute atomic E-state index is 0.176. The Morgan fingerprint density at radius 3 is 0.860 bits per heavy atom. The van der Waals surface area contributed by atoms with Crippen LogP contribution in [0.4, 0.5) is 0 Å². The molecule has 0 saturated heterocycles. The van der Waals surface area contributed by atoms with Crippen molar-refractivity contribution in [3.05, 3.63) is 158 Å². The third-order valence-electron chi connectivity index (χ3n) is 15.8. The van der Waals surface area contributed by atoms with Crippen molar-refractivity contribution in [1.29, 1.82) is 0 Å². The van der Waals surface area contributed by atoms with Gasteiger partial charge in [0, 0.05) is 12.8 Å². The van der Waals surface area contributed by atoms with Gasteiger partial charge in [0.05, 0.1) is 34.4 Å². The van der Waals surface area contributed by atoms with Crippen molar-refractivity contribution in [1.82, 2.24) is 0 Å². The lowest BCUT2D eigenvalue weighted by Gasteiger charge is -2.25. The first-order valence-corrected chi connectivity index (χ1v) is 37.6. The van der Waals surface area contributed by atoms with E-state index >= 15 is 0 Å². The van der Waals surface area contributed by atoms with Gasteiger partial charge >= 0.3 is 17.9 Å². The van der Waals surface area contributed by atoms with E-state index in [-0.39, 0.29) is 32.2 Å². The van der Waals surface area contributed by atoms with Crippen LogP contribution in [0.1, 0.15) is 296 Å². The van der Waals surface area contributed by atoms with E-state index in [0.717, 1.165) is 128 Å². The average Bonchev–Trinajstić information content (AvgIpc) is 3.74. The van der Waals surface area contributed by atoms with Crippen LogP contribution in [0.5, 0.6) is 0 Å². The van der Waals surface area contributed by atoms with Crippen LogP contribution in [-0.2, 0) is 33.3 Å². The van der Waals surface area contributed by atoms with E-state index in [1.807, 2.05) is 21.1 Å². The number of hydrogen-bond acceptors (Lipinski definition) is 7. The number of nitrogens with zero attached hydrogens (tertiary/aromatic N) is 1. The predicted molar refractivity (Wildman–Crippen MR) is 400 cm³/mol. The lowest BCUT2D eigenvalue weighted by Crippen LogP contribution is -2.40. The van der Waals surface area contributed by atoms with Crippen LogP contribution in [0.25, 0.3) is 0 Å². The molecule has 0 heterocycles. The molecular formula is C84H140NO8+. The zero-order valence-electron chi connectivity index (χ0n) is 60.4. The highest BCUT2D eigenvalue weighted by molar-refractivity contribution is 5.71. The second-order valence-electron chi connectivity index (χ2n) is 25.8. The number of allylic oxidation sites excluding steroid dienone is 26. The molecule has 0 fully saturated rings. The number of unbranched alkanes of at least 4 members (excludes halogenated alkanes) is 27. The minimum atomic E-state index is -1.53. The second kappa shape index (κ2) is 72.7. The molecule has 0 radical (unpaired) electrons. The van der Waals surface area contributed by atoms with E-state index in [1.165, 1.54) is 135 Å². The van der Waals surface area contributed by atoms with Gasteiger partial charge in [-0.3, -0.25) is 9.59 Å².